The van der Waals surface area contributed by atoms with Crippen LogP contribution in [0, 0.1) is 0 Å². The van der Waals surface area contributed by atoms with E-state index in [0.29, 0.717) is 12.8 Å². The molecule has 0 aliphatic rings. The topological polar surface area (TPSA) is 150 Å². The number of aliphatic carboxylic acids is 2. The van der Waals surface area contributed by atoms with Crippen LogP contribution < -0.4 is 10.6 Å². The number of carbonyl (C=O) groups excluding carboxylic acids is 2. The molecule has 152 valence electrons. The van der Waals surface area contributed by atoms with Crippen LogP contribution in [0.5, 0.6) is 0 Å². The zero-order valence-electron chi connectivity index (χ0n) is 15.1. The first-order valence-electron chi connectivity index (χ1n) is 7.30. The third kappa shape index (κ3) is 20.6. The van der Waals surface area contributed by atoms with Crippen molar-refractivity contribution in [2.45, 2.75) is 38.8 Å². The molecule has 0 aromatic rings. The van der Waals surface area contributed by atoms with Gasteiger partial charge in [0, 0.05) is 13.8 Å². The van der Waals surface area contributed by atoms with Crippen molar-refractivity contribution in [1.29, 1.82) is 0 Å². The number of hydrogen-bond acceptors (Lipinski definition) is 8. The number of hydrogen-bond donors (Lipinski definition) is 4. The Labute approximate surface area is 167 Å². The Morgan fingerprint density at radius 1 is 0.808 bits per heavy atom. The first-order chi connectivity index (χ1) is 12.1. The Hall–Kier alpha value is -1.40. The zero-order valence-corrected chi connectivity index (χ0v) is 17.6. The summed E-state index contributed by atoms with van der Waals surface area (Å²) < 4.78 is 7.83. The third-order valence-corrected chi connectivity index (χ3v) is 3.86. The van der Waals surface area contributed by atoms with E-state index in [-0.39, 0.29) is 11.8 Å². The predicted molar refractivity (Wildman–Crippen MR) is 105 cm³/mol. The Morgan fingerprint density at radius 2 is 1.08 bits per heavy atom. The van der Waals surface area contributed by atoms with Gasteiger partial charge < -0.3 is 20.8 Å². The van der Waals surface area contributed by atoms with Crippen molar-refractivity contribution in [2.24, 2.45) is 0 Å². The summed E-state index contributed by atoms with van der Waals surface area (Å²) in [5.74, 6) is -1.08. The molecule has 9 nitrogen and oxygen atoms in total. The fourth-order valence-corrected chi connectivity index (χ4v) is 2.42. The minimum Gasteiger partial charge on any atom is -0.480 e. The summed E-state index contributed by atoms with van der Waals surface area (Å²) in [6.07, 6.45) is 4.73. The van der Waals surface area contributed by atoms with Crippen LogP contribution >= 0.6 is 23.5 Å². The number of amides is 2. The Morgan fingerprint density at radius 3 is 1.23 bits per heavy atom. The maximum absolute atomic E-state index is 10.5. The molecule has 0 bridgehead atoms. The monoisotopic (exact) mass is 430 g/mol. The van der Waals surface area contributed by atoms with Crippen LogP contribution in [-0.2, 0) is 31.7 Å². The highest BCUT2D eigenvalue weighted by molar-refractivity contribution is 7.98. The lowest BCUT2D eigenvalue weighted by Gasteiger charge is -2.11. The summed E-state index contributed by atoms with van der Waals surface area (Å²) in [4.78, 5) is 42.1. The smallest absolute Gasteiger partial charge is 0.326 e. The molecule has 0 fully saturated rings. The molecule has 0 aromatic carbocycles. The van der Waals surface area contributed by atoms with Gasteiger partial charge in [0.05, 0.1) is 0 Å². The van der Waals surface area contributed by atoms with Gasteiger partial charge >= 0.3 is 11.9 Å². The van der Waals surface area contributed by atoms with Gasteiger partial charge in [0.2, 0.25) is 11.8 Å². The molecule has 0 saturated heterocycles. The standard InChI is InChI=1S/2C7H13NO3S.OS/c2*1-5(9)8-6(7(10)11)3-4-12-2;1-2/h2*6H,3-4H2,1-2H3,(H,8,9)(H,10,11);/t2*6-;/m00./s1. The summed E-state index contributed by atoms with van der Waals surface area (Å²) >= 11 is 5.95. The van der Waals surface area contributed by atoms with Crippen LogP contribution in [0.3, 0.4) is 0 Å². The predicted octanol–water partition coefficient (Wildman–Crippen LogP) is 0.321. The van der Waals surface area contributed by atoms with Crippen molar-refractivity contribution >= 4 is 59.8 Å². The number of nitrogens with one attached hydrogen (secondary N) is 2. The van der Waals surface area contributed by atoms with E-state index in [1.54, 1.807) is 23.5 Å². The SMILES string of the molecule is CSCC[C@H](NC(C)=O)C(=O)O.CSCC[C@H](NC(C)=O)C(=O)O.O=S. The number of carboxylic acids is 2. The highest BCUT2D eigenvalue weighted by Gasteiger charge is 2.17. The summed E-state index contributed by atoms with van der Waals surface area (Å²) in [7, 11) is 0. The van der Waals surface area contributed by atoms with Crippen molar-refractivity contribution in [3.63, 3.8) is 0 Å². The second kappa shape index (κ2) is 19.9. The van der Waals surface area contributed by atoms with Crippen LogP contribution in [0.1, 0.15) is 26.7 Å². The minimum atomic E-state index is -0.973. The fraction of sp³-hybridized carbons (Fsp3) is 0.714. The maximum atomic E-state index is 10.5. The van der Waals surface area contributed by atoms with Gasteiger partial charge in [0.1, 0.15) is 12.1 Å². The largest absolute Gasteiger partial charge is 0.480 e. The van der Waals surface area contributed by atoms with Crippen molar-refractivity contribution in [3.05, 3.63) is 0 Å². The van der Waals surface area contributed by atoms with Gasteiger partial charge in [-0.3, -0.25) is 9.59 Å². The van der Waals surface area contributed by atoms with Crippen molar-refractivity contribution < 1.29 is 33.6 Å². The van der Waals surface area contributed by atoms with Gasteiger partial charge in [0.15, 0.2) is 12.5 Å². The maximum Gasteiger partial charge on any atom is 0.326 e. The van der Waals surface area contributed by atoms with Crippen LogP contribution in [-0.4, -0.2) is 74.3 Å². The quantitative estimate of drug-likeness (QED) is 0.381. The molecule has 0 unspecified atom stereocenters. The van der Waals surface area contributed by atoms with Crippen molar-refractivity contribution in [2.75, 3.05) is 24.0 Å². The van der Waals surface area contributed by atoms with E-state index in [0.717, 1.165) is 11.5 Å². The normalized spacial score (nSPS) is 11.4. The summed E-state index contributed by atoms with van der Waals surface area (Å²) in [5, 5.41) is 22.0. The molecule has 2 amide bonds. The Bertz CT molecular complexity index is 401. The molecule has 0 spiro atoms. The average molecular weight is 431 g/mol. The molecule has 0 aliphatic heterocycles. The van der Waals surface area contributed by atoms with Gasteiger partial charge in [-0.25, -0.2) is 9.59 Å². The van der Waals surface area contributed by atoms with E-state index in [1.807, 2.05) is 12.5 Å². The molecule has 0 saturated carbocycles. The number of carbonyl (C=O) groups is 4. The van der Waals surface area contributed by atoms with Crippen molar-refractivity contribution in [3.8, 4) is 0 Å². The van der Waals surface area contributed by atoms with Crippen LogP contribution in [0.2, 0.25) is 0 Å². The highest BCUT2D eigenvalue weighted by atomic mass is 32.2. The molecule has 26 heavy (non-hydrogen) atoms. The van der Waals surface area contributed by atoms with E-state index in [1.165, 1.54) is 13.8 Å². The molecule has 0 rings (SSSR count). The van der Waals surface area contributed by atoms with Gasteiger partial charge in [-0.05, 0) is 36.9 Å². The minimum absolute atomic E-state index is 0.302. The van der Waals surface area contributed by atoms with E-state index in [4.69, 9.17) is 14.4 Å². The molecule has 0 radical (unpaired) electrons. The average Bonchev–Trinajstić information content (AvgIpc) is 2.56. The highest BCUT2D eigenvalue weighted by Crippen LogP contribution is 2.01. The lowest BCUT2D eigenvalue weighted by atomic mass is 10.2. The second-order valence-electron chi connectivity index (χ2n) is 4.75. The van der Waals surface area contributed by atoms with Crippen LogP contribution in [0.4, 0.5) is 0 Å². The third-order valence-electron chi connectivity index (χ3n) is 2.57. The first kappa shape index (κ1) is 29.4. The second-order valence-corrected chi connectivity index (χ2v) is 6.72. The van der Waals surface area contributed by atoms with Crippen molar-refractivity contribution in [1.82, 2.24) is 10.6 Å². The molecular formula is C14H26N2O7S3. The molecular weight excluding hydrogens is 404 g/mol. The summed E-state index contributed by atoms with van der Waals surface area (Å²) in [5.41, 5.74) is 0. The van der Waals surface area contributed by atoms with Gasteiger partial charge in [0.25, 0.3) is 0 Å². The molecule has 0 heterocycles. The van der Waals surface area contributed by atoms with E-state index < -0.39 is 24.0 Å². The number of thioether (sulfide) groups is 2. The fourth-order valence-electron chi connectivity index (χ4n) is 1.48. The molecule has 12 heteroatoms. The van der Waals surface area contributed by atoms with Gasteiger partial charge in [-0.2, -0.15) is 27.7 Å². The number of rotatable bonds is 10. The van der Waals surface area contributed by atoms with Gasteiger partial charge in [-0.1, -0.05) is 0 Å². The lowest BCUT2D eigenvalue weighted by molar-refractivity contribution is -0.142. The Balaban J connectivity index is -0.000000371. The van der Waals surface area contributed by atoms with E-state index in [2.05, 4.69) is 23.2 Å². The summed E-state index contributed by atoms with van der Waals surface area (Å²) in [6.45, 7) is 2.63. The van der Waals surface area contributed by atoms with E-state index >= 15 is 0 Å². The van der Waals surface area contributed by atoms with Crippen LogP contribution in [0.25, 0.3) is 0 Å². The zero-order chi connectivity index (χ0) is 21.1. The molecule has 0 aliphatic carbocycles. The van der Waals surface area contributed by atoms with E-state index in [9.17, 15) is 19.2 Å². The molecule has 2 atom stereocenters. The van der Waals surface area contributed by atoms with Crippen LogP contribution in [0.15, 0.2) is 0 Å². The molecule has 0 aromatic heterocycles. The van der Waals surface area contributed by atoms with Gasteiger partial charge in [-0.15, -0.1) is 0 Å². The Kier molecular flexibility index (Phi) is 22.5. The lowest BCUT2D eigenvalue weighted by Crippen LogP contribution is -2.39. The summed E-state index contributed by atoms with van der Waals surface area (Å²) in [6, 6.07) is -1.48. The molecule has 4 N–H and O–H groups in total. The first-order valence-corrected chi connectivity index (χ1v) is 10.4. The number of carboxylic acid groups (broad SMARTS) is 2.